The molecule has 0 saturated heterocycles. The summed E-state index contributed by atoms with van der Waals surface area (Å²) in [5, 5.41) is 3.72. The Hall–Kier alpha value is -0.0900. The van der Waals surface area contributed by atoms with Crippen LogP contribution in [0.5, 0.6) is 0 Å². The van der Waals surface area contributed by atoms with Crippen LogP contribution in [-0.4, -0.2) is 19.1 Å². The lowest BCUT2D eigenvalue weighted by Gasteiger charge is -1.95. The molecule has 0 aromatic rings. The van der Waals surface area contributed by atoms with Gasteiger partial charge < -0.3 is 4.74 Å². The molecule has 0 spiro atoms. The highest BCUT2D eigenvalue weighted by atomic mass is 32.2. The number of hydrogen-bond donors (Lipinski definition) is 0. The van der Waals surface area contributed by atoms with Crippen molar-refractivity contribution in [3.05, 3.63) is 0 Å². The van der Waals surface area contributed by atoms with Gasteiger partial charge in [-0.25, -0.2) is 0 Å². The Kier molecular flexibility index (Phi) is 1.64. The summed E-state index contributed by atoms with van der Waals surface area (Å²) in [7, 11) is 1.63. The minimum Gasteiger partial charge on any atom is -0.357 e. The van der Waals surface area contributed by atoms with E-state index < -0.39 is 0 Å². The van der Waals surface area contributed by atoms with Crippen LogP contribution in [-0.2, 0) is 4.74 Å². The van der Waals surface area contributed by atoms with Crippen molar-refractivity contribution in [3.8, 4) is 0 Å². The fourth-order valence-corrected chi connectivity index (χ4v) is 0.900. The van der Waals surface area contributed by atoms with Gasteiger partial charge in [-0.15, -0.1) is 9.63 Å². The fraction of sp³-hybridized carbons (Fsp3) is 1.00. The highest BCUT2D eigenvalue weighted by Crippen LogP contribution is 2.16. The van der Waals surface area contributed by atoms with Crippen LogP contribution in [0.2, 0.25) is 0 Å². The smallest absolute Gasteiger partial charge is 0.180 e. The van der Waals surface area contributed by atoms with Gasteiger partial charge >= 0.3 is 0 Å². The molecule has 1 aliphatic heterocycles. The zero-order chi connectivity index (χ0) is 5.11. The van der Waals surface area contributed by atoms with Gasteiger partial charge in [0.2, 0.25) is 0 Å². The van der Waals surface area contributed by atoms with E-state index in [0.717, 1.165) is 5.75 Å². The summed E-state index contributed by atoms with van der Waals surface area (Å²) in [5.74, 6) is 0.872. The van der Waals surface area contributed by atoms with E-state index in [2.05, 4.69) is 9.63 Å². The van der Waals surface area contributed by atoms with Crippen LogP contribution in [0.3, 0.4) is 0 Å². The lowest BCUT2D eigenvalue weighted by Crippen LogP contribution is -2.04. The van der Waals surface area contributed by atoms with Gasteiger partial charge in [0.1, 0.15) is 0 Å². The SMILES string of the molecule is COC1CSN=N1. The van der Waals surface area contributed by atoms with Crippen LogP contribution in [0.4, 0.5) is 0 Å². The molecule has 0 aromatic heterocycles. The number of hydrogen-bond acceptors (Lipinski definition) is 4. The van der Waals surface area contributed by atoms with Gasteiger partial charge in [-0.1, -0.05) is 0 Å². The van der Waals surface area contributed by atoms with Crippen molar-refractivity contribution >= 4 is 11.9 Å². The summed E-state index contributed by atoms with van der Waals surface area (Å²) in [4.78, 5) is 0. The third-order valence-electron chi connectivity index (χ3n) is 0.723. The quantitative estimate of drug-likeness (QED) is 0.483. The molecule has 1 aliphatic rings. The molecule has 1 heterocycles. The van der Waals surface area contributed by atoms with Crippen molar-refractivity contribution in [2.24, 2.45) is 9.63 Å². The Balaban J connectivity index is 2.28. The molecule has 0 radical (unpaired) electrons. The molecule has 1 rings (SSSR count). The average molecular weight is 118 g/mol. The molecule has 7 heavy (non-hydrogen) atoms. The molecule has 0 fully saturated rings. The molecule has 1 unspecified atom stereocenters. The topological polar surface area (TPSA) is 34.0 Å². The number of nitrogens with zero attached hydrogens (tertiary/aromatic N) is 2. The first kappa shape index (κ1) is 5.05. The molecule has 0 aliphatic carbocycles. The van der Waals surface area contributed by atoms with E-state index >= 15 is 0 Å². The van der Waals surface area contributed by atoms with Gasteiger partial charge in [-0.3, -0.25) is 0 Å². The van der Waals surface area contributed by atoms with Crippen molar-refractivity contribution in [2.45, 2.75) is 6.23 Å². The minimum atomic E-state index is 0.0185. The lowest BCUT2D eigenvalue weighted by molar-refractivity contribution is 0.128. The molecule has 0 N–H and O–H groups in total. The molecule has 0 aromatic carbocycles. The van der Waals surface area contributed by atoms with Gasteiger partial charge in [-0.2, -0.15) is 0 Å². The van der Waals surface area contributed by atoms with Crippen molar-refractivity contribution < 1.29 is 4.74 Å². The third kappa shape index (κ3) is 1.14. The Morgan fingerprint density at radius 1 is 1.86 bits per heavy atom. The summed E-state index contributed by atoms with van der Waals surface area (Å²) in [6, 6.07) is 0. The van der Waals surface area contributed by atoms with E-state index in [4.69, 9.17) is 4.74 Å². The summed E-state index contributed by atoms with van der Waals surface area (Å²) in [6.45, 7) is 0. The molecule has 40 valence electrons. The maximum Gasteiger partial charge on any atom is 0.180 e. The predicted molar refractivity (Wildman–Crippen MR) is 28.1 cm³/mol. The molecule has 1 atom stereocenters. The summed E-state index contributed by atoms with van der Waals surface area (Å²) in [5.41, 5.74) is 0. The van der Waals surface area contributed by atoms with Crippen LogP contribution < -0.4 is 0 Å². The maximum absolute atomic E-state index is 4.83. The van der Waals surface area contributed by atoms with E-state index in [1.54, 1.807) is 7.11 Å². The first-order valence-corrected chi connectivity index (χ1v) is 2.92. The molecule has 4 heteroatoms. The molecule has 3 nitrogen and oxygen atoms in total. The van der Waals surface area contributed by atoms with Crippen molar-refractivity contribution in [3.63, 3.8) is 0 Å². The number of rotatable bonds is 1. The monoisotopic (exact) mass is 118 g/mol. The maximum atomic E-state index is 4.83. The van der Waals surface area contributed by atoms with Crippen molar-refractivity contribution in [2.75, 3.05) is 12.9 Å². The molecule has 0 saturated carbocycles. The van der Waals surface area contributed by atoms with E-state index in [1.165, 1.54) is 11.9 Å². The average Bonchev–Trinajstić information content (AvgIpc) is 2.14. The van der Waals surface area contributed by atoms with Crippen LogP contribution in [0.15, 0.2) is 9.63 Å². The minimum absolute atomic E-state index is 0.0185. The second kappa shape index (κ2) is 2.28. The summed E-state index contributed by atoms with van der Waals surface area (Å²) < 4.78 is 8.48. The fourth-order valence-electron chi connectivity index (χ4n) is 0.332. The zero-order valence-electron chi connectivity index (χ0n) is 4.00. The van der Waals surface area contributed by atoms with Gasteiger partial charge in [0.05, 0.1) is 5.75 Å². The largest absolute Gasteiger partial charge is 0.357 e. The molecular formula is C3H6N2OS. The van der Waals surface area contributed by atoms with Crippen molar-refractivity contribution in [1.82, 2.24) is 0 Å². The van der Waals surface area contributed by atoms with Crippen molar-refractivity contribution in [1.29, 1.82) is 0 Å². The standard InChI is InChI=1S/C3H6N2OS/c1-6-3-2-7-5-4-3/h3H,2H2,1H3. The van der Waals surface area contributed by atoms with Crippen LogP contribution in [0.1, 0.15) is 0 Å². The highest BCUT2D eigenvalue weighted by Gasteiger charge is 2.09. The molecule has 0 bridgehead atoms. The van der Waals surface area contributed by atoms with Crippen LogP contribution >= 0.6 is 11.9 Å². The number of ether oxygens (including phenoxy) is 1. The summed E-state index contributed by atoms with van der Waals surface area (Å²) in [6.07, 6.45) is 0.0185. The van der Waals surface area contributed by atoms with E-state index in [0.29, 0.717) is 0 Å². The Morgan fingerprint density at radius 2 is 2.71 bits per heavy atom. The van der Waals surface area contributed by atoms with Gasteiger partial charge in [0.25, 0.3) is 0 Å². The predicted octanol–water partition coefficient (Wildman–Crippen LogP) is 1.07. The first-order valence-electron chi connectivity index (χ1n) is 1.98. The first-order chi connectivity index (χ1) is 3.43. The normalized spacial score (nSPS) is 29.0. The van der Waals surface area contributed by atoms with E-state index in [-0.39, 0.29) is 6.23 Å². The number of methoxy groups -OCH3 is 1. The molecular weight excluding hydrogens is 112 g/mol. The highest BCUT2D eigenvalue weighted by molar-refractivity contribution is 7.98. The zero-order valence-corrected chi connectivity index (χ0v) is 4.81. The van der Waals surface area contributed by atoms with Crippen LogP contribution in [0, 0.1) is 0 Å². The second-order valence-electron chi connectivity index (χ2n) is 1.18. The second-order valence-corrected chi connectivity index (χ2v) is 1.94. The van der Waals surface area contributed by atoms with Gasteiger partial charge in [-0.05, 0) is 0 Å². The Morgan fingerprint density at radius 3 is 3.00 bits per heavy atom. The Bertz CT molecular complexity index is 85.0. The third-order valence-corrected chi connectivity index (χ3v) is 1.37. The lowest BCUT2D eigenvalue weighted by atomic mass is 10.7. The summed E-state index contributed by atoms with van der Waals surface area (Å²) >= 11 is 1.44. The van der Waals surface area contributed by atoms with Gasteiger partial charge in [0.15, 0.2) is 6.23 Å². The molecule has 0 amide bonds. The Labute approximate surface area is 46.3 Å². The van der Waals surface area contributed by atoms with Gasteiger partial charge in [0, 0.05) is 19.1 Å². The van der Waals surface area contributed by atoms with E-state index in [1.807, 2.05) is 0 Å². The van der Waals surface area contributed by atoms with Crippen LogP contribution in [0.25, 0.3) is 0 Å². The van der Waals surface area contributed by atoms with E-state index in [9.17, 15) is 0 Å².